The molecular weight excluding hydrogens is 234 g/mol. The van der Waals surface area contributed by atoms with Gasteiger partial charge in [-0.1, -0.05) is 20.8 Å². The van der Waals surface area contributed by atoms with Crippen molar-refractivity contribution >= 4 is 0 Å². The molecule has 0 aromatic carbocycles. The zero-order valence-corrected chi connectivity index (χ0v) is 13.2. The fourth-order valence-corrected chi connectivity index (χ4v) is 2.94. The van der Waals surface area contributed by atoms with Gasteiger partial charge in [0.05, 0.1) is 0 Å². The molecule has 2 rings (SSSR count). The minimum Gasteiger partial charge on any atom is -0.312 e. The largest absolute Gasteiger partial charge is 0.312 e. The molecule has 1 atom stereocenters. The maximum atomic E-state index is 3.71. The van der Waals surface area contributed by atoms with E-state index in [4.69, 9.17) is 0 Å². The number of piperazine rings is 1. The van der Waals surface area contributed by atoms with Crippen LogP contribution in [0.4, 0.5) is 0 Å². The lowest BCUT2D eigenvalue weighted by atomic mass is 10.0. The highest BCUT2D eigenvalue weighted by Gasteiger charge is 2.27. The summed E-state index contributed by atoms with van der Waals surface area (Å²) < 4.78 is 0. The van der Waals surface area contributed by atoms with Crippen LogP contribution < -0.4 is 5.32 Å². The molecule has 3 nitrogen and oxygen atoms in total. The van der Waals surface area contributed by atoms with E-state index in [0.29, 0.717) is 6.04 Å². The van der Waals surface area contributed by atoms with E-state index in [-0.39, 0.29) is 0 Å². The van der Waals surface area contributed by atoms with Crippen LogP contribution in [0.3, 0.4) is 0 Å². The van der Waals surface area contributed by atoms with E-state index >= 15 is 0 Å². The van der Waals surface area contributed by atoms with Crippen LogP contribution in [-0.4, -0.2) is 61.7 Å². The fraction of sp³-hybridized carbons (Fsp3) is 1.00. The zero-order valence-electron chi connectivity index (χ0n) is 13.2. The third-order valence-electron chi connectivity index (χ3n) is 4.59. The zero-order chi connectivity index (χ0) is 13.7. The van der Waals surface area contributed by atoms with Crippen molar-refractivity contribution in [2.24, 2.45) is 11.8 Å². The van der Waals surface area contributed by atoms with Crippen LogP contribution in [0.25, 0.3) is 0 Å². The van der Waals surface area contributed by atoms with E-state index in [1.54, 1.807) is 0 Å². The minimum atomic E-state index is 0.662. The second-order valence-electron chi connectivity index (χ2n) is 6.85. The summed E-state index contributed by atoms with van der Waals surface area (Å²) in [5, 5.41) is 3.71. The summed E-state index contributed by atoms with van der Waals surface area (Å²) in [6, 6.07) is 0.662. The van der Waals surface area contributed by atoms with Gasteiger partial charge < -0.3 is 10.2 Å². The van der Waals surface area contributed by atoms with Crippen LogP contribution in [0, 0.1) is 11.8 Å². The first-order valence-electron chi connectivity index (χ1n) is 8.37. The molecule has 0 aromatic rings. The molecule has 2 fully saturated rings. The van der Waals surface area contributed by atoms with Gasteiger partial charge >= 0.3 is 0 Å². The summed E-state index contributed by atoms with van der Waals surface area (Å²) in [6.07, 6.45) is 4.20. The molecule has 3 heteroatoms. The molecule has 1 saturated heterocycles. The van der Waals surface area contributed by atoms with Gasteiger partial charge in [-0.05, 0) is 37.6 Å². The van der Waals surface area contributed by atoms with Crippen LogP contribution >= 0.6 is 0 Å². The number of hydrogen-bond donors (Lipinski definition) is 1. The Hall–Kier alpha value is -0.120. The normalized spacial score (nSPS) is 24.0. The molecule has 0 bridgehead atoms. The first-order chi connectivity index (χ1) is 9.19. The van der Waals surface area contributed by atoms with Crippen molar-refractivity contribution in [2.45, 2.75) is 46.1 Å². The average Bonchev–Trinajstić information content (AvgIpc) is 3.20. The summed E-state index contributed by atoms with van der Waals surface area (Å²) in [7, 11) is 0. The molecular formula is C16H33N3. The number of nitrogens with zero attached hydrogens (tertiary/aromatic N) is 2. The van der Waals surface area contributed by atoms with E-state index in [2.05, 4.69) is 35.9 Å². The summed E-state index contributed by atoms with van der Waals surface area (Å²) in [6.45, 7) is 15.8. The number of nitrogens with one attached hydrogen (secondary N) is 1. The molecule has 1 aliphatic carbocycles. The molecule has 0 amide bonds. The van der Waals surface area contributed by atoms with E-state index in [9.17, 15) is 0 Å². The van der Waals surface area contributed by atoms with Gasteiger partial charge in [0.15, 0.2) is 0 Å². The Balaban J connectivity index is 1.67. The number of rotatable bonds is 8. The van der Waals surface area contributed by atoms with Crippen molar-refractivity contribution in [1.29, 1.82) is 0 Å². The Kier molecular flexibility index (Phi) is 6.11. The Morgan fingerprint density at radius 1 is 1.05 bits per heavy atom. The smallest absolute Gasteiger partial charge is 0.0217 e. The molecule has 19 heavy (non-hydrogen) atoms. The van der Waals surface area contributed by atoms with E-state index < -0.39 is 0 Å². The second-order valence-corrected chi connectivity index (χ2v) is 6.85. The van der Waals surface area contributed by atoms with E-state index in [1.165, 1.54) is 58.5 Å². The Morgan fingerprint density at radius 2 is 1.68 bits per heavy atom. The quantitative estimate of drug-likeness (QED) is 0.726. The third kappa shape index (κ3) is 5.41. The topological polar surface area (TPSA) is 18.5 Å². The highest BCUT2D eigenvalue weighted by molar-refractivity contribution is 4.82. The summed E-state index contributed by atoms with van der Waals surface area (Å²) in [5.41, 5.74) is 0. The van der Waals surface area contributed by atoms with Crippen molar-refractivity contribution in [2.75, 3.05) is 45.8 Å². The third-order valence-corrected chi connectivity index (χ3v) is 4.59. The van der Waals surface area contributed by atoms with Crippen LogP contribution in [0.5, 0.6) is 0 Å². The Morgan fingerprint density at radius 3 is 2.21 bits per heavy atom. The lowest BCUT2D eigenvalue weighted by molar-refractivity contribution is 0.113. The highest BCUT2D eigenvalue weighted by Crippen LogP contribution is 2.29. The highest BCUT2D eigenvalue weighted by atomic mass is 15.3. The summed E-state index contributed by atoms with van der Waals surface area (Å²) in [4.78, 5) is 5.34. The molecule has 0 spiro atoms. The van der Waals surface area contributed by atoms with Crippen LogP contribution in [0.1, 0.15) is 40.0 Å². The maximum absolute atomic E-state index is 3.71. The van der Waals surface area contributed by atoms with Crippen LogP contribution in [-0.2, 0) is 0 Å². The molecule has 1 saturated carbocycles. The Bertz CT molecular complexity index is 242. The average molecular weight is 267 g/mol. The molecule has 1 N–H and O–H groups in total. The van der Waals surface area contributed by atoms with Gasteiger partial charge in [0.25, 0.3) is 0 Å². The first-order valence-corrected chi connectivity index (χ1v) is 8.37. The van der Waals surface area contributed by atoms with Gasteiger partial charge in [-0.25, -0.2) is 0 Å². The van der Waals surface area contributed by atoms with Crippen molar-refractivity contribution in [3.63, 3.8) is 0 Å². The van der Waals surface area contributed by atoms with E-state index in [1.807, 2.05) is 0 Å². The van der Waals surface area contributed by atoms with Crippen molar-refractivity contribution in [1.82, 2.24) is 15.1 Å². The predicted octanol–water partition coefficient (Wildman–Crippen LogP) is 2.04. The van der Waals surface area contributed by atoms with Gasteiger partial charge in [-0.2, -0.15) is 0 Å². The van der Waals surface area contributed by atoms with Crippen LogP contribution in [0.15, 0.2) is 0 Å². The minimum absolute atomic E-state index is 0.662. The Labute approximate surface area is 119 Å². The molecule has 1 unspecified atom stereocenters. The number of hydrogen-bond acceptors (Lipinski definition) is 3. The monoisotopic (exact) mass is 267 g/mol. The van der Waals surface area contributed by atoms with Crippen LogP contribution in [0.2, 0.25) is 0 Å². The van der Waals surface area contributed by atoms with E-state index in [0.717, 1.165) is 18.4 Å². The molecule has 0 radical (unpaired) electrons. The second kappa shape index (κ2) is 7.61. The van der Waals surface area contributed by atoms with Gasteiger partial charge in [-0.3, -0.25) is 4.90 Å². The standard InChI is InChI=1S/C16H33N3/c1-4-7-17-16(14(2)3)13-19-10-8-18(9-11-19)12-15-5-6-15/h14-17H,4-13H2,1-3H3. The van der Waals surface area contributed by atoms with Crippen molar-refractivity contribution in [3.8, 4) is 0 Å². The molecule has 0 aromatic heterocycles. The first kappa shape index (κ1) is 15.3. The summed E-state index contributed by atoms with van der Waals surface area (Å²) >= 11 is 0. The van der Waals surface area contributed by atoms with Gasteiger partial charge in [0.2, 0.25) is 0 Å². The SMILES string of the molecule is CCCNC(CN1CCN(CC2CC2)CC1)C(C)C. The maximum Gasteiger partial charge on any atom is 0.0217 e. The lowest BCUT2D eigenvalue weighted by Gasteiger charge is -2.37. The molecule has 1 aliphatic heterocycles. The van der Waals surface area contributed by atoms with Gasteiger partial charge in [0, 0.05) is 45.3 Å². The van der Waals surface area contributed by atoms with Crippen molar-refractivity contribution < 1.29 is 0 Å². The van der Waals surface area contributed by atoms with Gasteiger partial charge in [0.1, 0.15) is 0 Å². The predicted molar refractivity (Wildman–Crippen MR) is 82.5 cm³/mol. The van der Waals surface area contributed by atoms with Crippen molar-refractivity contribution in [3.05, 3.63) is 0 Å². The lowest BCUT2D eigenvalue weighted by Crippen LogP contribution is -2.52. The fourth-order valence-electron chi connectivity index (χ4n) is 2.94. The molecule has 1 heterocycles. The van der Waals surface area contributed by atoms with Gasteiger partial charge in [-0.15, -0.1) is 0 Å². The summed E-state index contributed by atoms with van der Waals surface area (Å²) in [5.74, 6) is 1.78. The molecule has 112 valence electrons. The molecule has 2 aliphatic rings.